The highest BCUT2D eigenvalue weighted by molar-refractivity contribution is 5.94. The Labute approximate surface area is 159 Å². The lowest BCUT2D eigenvalue weighted by atomic mass is 9.95. The number of benzene rings is 1. The van der Waals surface area contributed by atoms with Crippen LogP contribution in [0.25, 0.3) is 0 Å². The first-order chi connectivity index (χ1) is 12.8. The Hall–Kier alpha value is -2.83. The minimum atomic E-state index is -0.456. The zero-order valence-corrected chi connectivity index (χ0v) is 16.3. The molecule has 0 spiro atoms. The van der Waals surface area contributed by atoms with E-state index >= 15 is 0 Å². The predicted molar refractivity (Wildman–Crippen MR) is 103 cm³/mol. The molecule has 0 aliphatic heterocycles. The molecule has 27 heavy (non-hydrogen) atoms. The second-order valence-electron chi connectivity index (χ2n) is 7.31. The molecule has 2 rings (SSSR count). The Balaban J connectivity index is 1.85. The van der Waals surface area contributed by atoms with Crippen LogP contribution < -0.4 is 15.4 Å². The van der Waals surface area contributed by atoms with Gasteiger partial charge in [-0.2, -0.15) is 0 Å². The number of anilines is 1. The van der Waals surface area contributed by atoms with Gasteiger partial charge in [-0.1, -0.05) is 39.3 Å². The third-order valence-corrected chi connectivity index (χ3v) is 3.78. The van der Waals surface area contributed by atoms with E-state index in [1.54, 1.807) is 30.3 Å². The predicted octanol–water partition coefficient (Wildman–Crippen LogP) is 3.77. The normalized spacial score (nSPS) is 11.1. The summed E-state index contributed by atoms with van der Waals surface area (Å²) in [5.74, 6) is 0.773. The van der Waals surface area contributed by atoms with Crippen LogP contribution in [0.4, 0.5) is 5.69 Å². The Morgan fingerprint density at radius 1 is 1.19 bits per heavy atom. The van der Waals surface area contributed by atoms with Crippen molar-refractivity contribution in [3.05, 3.63) is 41.8 Å². The number of hydrogen-bond donors (Lipinski definition) is 2. The van der Waals surface area contributed by atoms with Gasteiger partial charge in [0.2, 0.25) is 5.91 Å². The second kappa shape index (κ2) is 9.21. The molecule has 0 aliphatic rings. The highest BCUT2D eigenvalue weighted by Gasteiger charge is 2.21. The van der Waals surface area contributed by atoms with E-state index < -0.39 is 5.41 Å². The van der Waals surface area contributed by atoms with Crippen molar-refractivity contribution in [2.75, 3.05) is 11.9 Å². The SMILES string of the molecule is CCCCNC(=O)c1cc(COc2ccc(NC(=O)C(C)(C)C)cc2)on1. The van der Waals surface area contributed by atoms with Crippen LogP contribution in [0.5, 0.6) is 5.75 Å². The molecule has 0 bridgehead atoms. The lowest BCUT2D eigenvalue weighted by Gasteiger charge is -2.17. The van der Waals surface area contributed by atoms with Crippen LogP contribution in [-0.2, 0) is 11.4 Å². The van der Waals surface area contributed by atoms with Crippen molar-refractivity contribution < 1.29 is 18.8 Å². The maximum absolute atomic E-state index is 12.0. The van der Waals surface area contributed by atoms with Gasteiger partial charge in [0.05, 0.1) is 0 Å². The number of amides is 2. The number of rotatable bonds is 8. The van der Waals surface area contributed by atoms with Crippen molar-refractivity contribution in [2.45, 2.75) is 47.1 Å². The van der Waals surface area contributed by atoms with E-state index in [-0.39, 0.29) is 24.1 Å². The molecule has 2 N–H and O–H groups in total. The molecule has 7 heteroatoms. The quantitative estimate of drug-likeness (QED) is 0.687. The van der Waals surface area contributed by atoms with Gasteiger partial charge in [-0.25, -0.2) is 0 Å². The van der Waals surface area contributed by atoms with Gasteiger partial charge >= 0.3 is 0 Å². The van der Waals surface area contributed by atoms with E-state index in [1.165, 1.54) is 0 Å². The third kappa shape index (κ3) is 6.44. The molecule has 0 fully saturated rings. The molecule has 0 radical (unpaired) electrons. The topological polar surface area (TPSA) is 93.5 Å². The van der Waals surface area contributed by atoms with E-state index in [2.05, 4.69) is 22.7 Å². The van der Waals surface area contributed by atoms with Crippen LogP contribution in [0.3, 0.4) is 0 Å². The number of aromatic nitrogens is 1. The van der Waals surface area contributed by atoms with E-state index in [1.807, 2.05) is 20.8 Å². The zero-order valence-electron chi connectivity index (χ0n) is 16.3. The molecule has 0 saturated carbocycles. The van der Waals surface area contributed by atoms with E-state index in [4.69, 9.17) is 9.26 Å². The van der Waals surface area contributed by atoms with Crippen molar-refractivity contribution in [1.82, 2.24) is 10.5 Å². The summed E-state index contributed by atoms with van der Waals surface area (Å²) >= 11 is 0. The molecule has 7 nitrogen and oxygen atoms in total. The van der Waals surface area contributed by atoms with E-state index in [0.29, 0.717) is 23.7 Å². The summed E-state index contributed by atoms with van der Waals surface area (Å²) in [6.07, 6.45) is 1.93. The molecule has 0 saturated heterocycles. The van der Waals surface area contributed by atoms with Gasteiger partial charge < -0.3 is 19.9 Å². The number of carbonyl (C=O) groups is 2. The van der Waals surface area contributed by atoms with Gasteiger partial charge in [0.1, 0.15) is 12.4 Å². The first-order valence-electron chi connectivity index (χ1n) is 9.07. The van der Waals surface area contributed by atoms with Crippen molar-refractivity contribution in [1.29, 1.82) is 0 Å². The lowest BCUT2D eigenvalue weighted by Crippen LogP contribution is -2.27. The summed E-state index contributed by atoms with van der Waals surface area (Å²) in [7, 11) is 0. The van der Waals surface area contributed by atoms with Crippen LogP contribution in [0.15, 0.2) is 34.9 Å². The van der Waals surface area contributed by atoms with Crippen LogP contribution in [0.1, 0.15) is 56.8 Å². The number of hydrogen-bond acceptors (Lipinski definition) is 5. The number of nitrogens with zero attached hydrogens (tertiary/aromatic N) is 1. The molecule has 0 atom stereocenters. The van der Waals surface area contributed by atoms with Crippen molar-refractivity contribution >= 4 is 17.5 Å². The monoisotopic (exact) mass is 373 g/mol. The third-order valence-electron chi connectivity index (χ3n) is 3.78. The Kier molecular flexibility index (Phi) is 6.98. The maximum atomic E-state index is 12.0. The minimum Gasteiger partial charge on any atom is -0.486 e. The van der Waals surface area contributed by atoms with Crippen molar-refractivity contribution in [3.8, 4) is 5.75 Å². The fourth-order valence-corrected chi connectivity index (χ4v) is 2.06. The molecule has 1 heterocycles. The Morgan fingerprint density at radius 3 is 2.52 bits per heavy atom. The highest BCUT2D eigenvalue weighted by atomic mass is 16.5. The summed E-state index contributed by atoms with van der Waals surface area (Å²) in [6.45, 7) is 8.40. The average Bonchev–Trinajstić information content (AvgIpc) is 3.09. The van der Waals surface area contributed by atoms with Crippen LogP contribution in [0.2, 0.25) is 0 Å². The van der Waals surface area contributed by atoms with Crippen LogP contribution >= 0.6 is 0 Å². The molecule has 1 aromatic carbocycles. The Bertz CT molecular complexity index is 760. The molecule has 0 unspecified atom stereocenters. The second-order valence-corrected chi connectivity index (χ2v) is 7.31. The van der Waals surface area contributed by atoms with Gasteiger partial charge in [-0.05, 0) is 30.7 Å². The van der Waals surface area contributed by atoms with Gasteiger partial charge in [0.25, 0.3) is 5.91 Å². The first kappa shape index (κ1) is 20.5. The summed E-state index contributed by atoms with van der Waals surface area (Å²) in [5.41, 5.74) is 0.486. The maximum Gasteiger partial charge on any atom is 0.273 e. The van der Waals surface area contributed by atoms with E-state index in [9.17, 15) is 9.59 Å². The van der Waals surface area contributed by atoms with Gasteiger partial charge in [0, 0.05) is 23.7 Å². The first-order valence-corrected chi connectivity index (χ1v) is 9.07. The molecular formula is C20H27N3O4. The molecule has 0 aliphatic carbocycles. The smallest absolute Gasteiger partial charge is 0.273 e. The molecule has 146 valence electrons. The van der Waals surface area contributed by atoms with Gasteiger partial charge in [-0.15, -0.1) is 0 Å². The summed E-state index contributed by atoms with van der Waals surface area (Å²) in [5, 5.41) is 9.40. The zero-order chi connectivity index (χ0) is 19.9. The van der Waals surface area contributed by atoms with Crippen LogP contribution in [-0.4, -0.2) is 23.5 Å². The van der Waals surface area contributed by atoms with Crippen LogP contribution in [0, 0.1) is 5.41 Å². The summed E-state index contributed by atoms with van der Waals surface area (Å²) in [4.78, 5) is 23.9. The highest BCUT2D eigenvalue weighted by Crippen LogP contribution is 2.20. The standard InChI is InChI=1S/C20H27N3O4/c1-5-6-11-21-18(24)17-12-16(27-23-17)13-26-15-9-7-14(8-10-15)22-19(25)20(2,3)4/h7-10,12H,5-6,11,13H2,1-4H3,(H,21,24)(H,22,25). The largest absolute Gasteiger partial charge is 0.486 e. The fourth-order valence-electron chi connectivity index (χ4n) is 2.06. The average molecular weight is 373 g/mol. The minimum absolute atomic E-state index is 0.0532. The lowest BCUT2D eigenvalue weighted by molar-refractivity contribution is -0.123. The summed E-state index contributed by atoms with van der Waals surface area (Å²) < 4.78 is 10.8. The van der Waals surface area contributed by atoms with Gasteiger partial charge in [-0.3, -0.25) is 9.59 Å². The number of nitrogens with one attached hydrogen (secondary N) is 2. The number of ether oxygens (including phenoxy) is 1. The van der Waals surface area contributed by atoms with E-state index in [0.717, 1.165) is 12.8 Å². The molecular weight excluding hydrogens is 346 g/mol. The molecule has 2 aromatic rings. The molecule has 1 aromatic heterocycles. The fraction of sp³-hybridized carbons (Fsp3) is 0.450. The number of unbranched alkanes of at least 4 members (excludes halogenated alkanes) is 1. The van der Waals surface area contributed by atoms with Crippen molar-refractivity contribution in [2.24, 2.45) is 5.41 Å². The van der Waals surface area contributed by atoms with Gasteiger partial charge in [0.15, 0.2) is 11.5 Å². The number of carbonyl (C=O) groups excluding carboxylic acids is 2. The Morgan fingerprint density at radius 2 is 1.89 bits per heavy atom. The summed E-state index contributed by atoms with van der Waals surface area (Å²) in [6, 6.07) is 8.62. The molecule has 2 amide bonds. The van der Waals surface area contributed by atoms with Crippen molar-refractivity contribution in [3.63, 3.8) is 0 Å².